The van der Waals surface area contributed by atoms with E-state index in [4.69, 9.17) is 4.42 Å². The Morgan fingerprint density at radius 1 is 1.10 bits per heavy atom. The highest BCUT2D eigenvalue weighted by Gasteiger charge is 2.14. The first-order valence-corrected chi connectivity index (χ1v) is 10.4. The van der Waals surface area contributed by atoms with Gasteiger partial charge in [0.2, 0.25) is 11.8 Å². The molecule has 0 bridgehead atoms. The third-order valence-corrected chi connectivity index (χ3v) is 5.14. The number of hydrogen-bond donors (Lipinski definition) is 1. The number of nitrogens with zero attached hydrogens (tertiary/aromatic N) is 2. The second-order valence-electron chi connectivity index (χ2n) is 6.27. The summed E-state index contributed by atoms with van der Waals surface area (Å²) >= 11 is 1.13. The van der Waals surface area contributed by atoms with E-state index in [0.717, 1.165) is 41.4 Å². The molecule has 0 spiro atoms. The van der Waals surface area contributed by atoms with Crippen LogP contribution in [-0.2, 0) is 17.6 Å². The molecule has 9 heteroatoms. The van der Waals surface area contributed by atoms with Gasteiger partial charge in [0.1, 0.15) is 5.75 Å². The van der Waals surface area contributed by atoms with Crippen molar-refractivity contribution in [3.05, 3.63) is 53.6 Å². The van der Waals surface area contributed by atoms with Crippen LogP contribution in [0.5, 0.6) is 5.75 Å². The topological polar surface area (TPSA) is 77.2 Å². The number of thioether (sulfide) groups is 1. The first-order valence-electron chi connectivity index (χ1n) is 9.42. The zero-order chi connectivity index (χ0) is 21.5. The Morgan fingerprint density at radius 3 is 2.37 bits per heavy atom. The van der Waals surface area contributed by atoms with Crippen LogP contribution in [0.15, 0.2) is 52.1 Å². The maximum atomic E-state index is 12.4. The van der Waals surface area contributed by atoms with E-state index in [-0.39, 0.29) is 28.5 Å². The number of alkyl halides is 2. The summed E-state index contributed by atoms with van der Waals surface area (Å²) in [7, 11) is 0. The van der Waals surface area contributed by atoms with Gasteiger partial charge < -0.3 is 14.5 Å². The van der Waals surface area contributed by atoms with Crippen molar-refractivity contribution >= 4 is 23.4 Å². The van der Waals surface area contributed by atoms with Gasteiger partial charge in [-0.2, -0.15) is 8.78 Å². The van der Waals surface area contributed by atoms with Gasteiger partial charge in [-0.1, -0.05) is 43.8 Å². The number of anilines is 1. The molecule has 1 heterocycles. The first-order chi connectivity index (χ1) is 14.5. The number of halogens is 2. The molecule has 0 atom stereocenters. The van der Waals surface area contributed by atoms with Gasteiger partial charge in [-0.05, 0) is 48.2 Å². The number of rotatable bonds is 9. The summed E-state index contributed by atoms with van der Waals surface area (Å²) in [6, 6.07) is 11.9. The van der Waals surface area contributed by atoms with E-state index in [1.54, 1.807) is 12.1 Å². The third kappa shape index (κ3) is 5.56. The number of aromatic nitrogens is 2. The van der Waals surface area contributed by atoms with Crippen LogP contribution in [0.25, 0.3) is 11.5 Å². The fourth-order valence-corrected chi connectivity index (χ4v) is 3.43. The molecule has 0 fully saturated rings. The number of ether oxygens (including phenoxy) is 1. The Bertz CT molecular complexity index is 971. The van der Waals surface area contributed by atoms with E-state index in [1.165, 1.54) is 12.1 Å². The number of para-hydroxylation sites is 1. The van der Waals surface area contributed by atoms with Crippen LogP contribution >= 0.6 is 11.8 Å². The van der Waals surface area contributed by atoms with Gasteiger partial charge in [0.15, 0.2) is 0 Å². The lowest BCUT2D eigenvalue weighted by Crippen LogP contribution is -2.16. The van der Waals surface area contributed by atoms with Gasteiger partial charge in [-0.15, -0.1) is 10.2 Å². The zero-order valence-electron chi connectivity index (χ0n) is 16.5. The van der Waals surface area contributed by atoms with Gasteiger partial charge in [0.25, 0.3) is 5.22 Å². The minimum atomic E-state index is -2.88. The highest BCUT2D eigenvalue weighted by atomic mass is 32.2. The number of hydrogen-bond acceptors (Lipinski definition) is 6. The first kappa shape index (κ1) is 21.8. The Labute approximate surface area is 177 Å². The van der Waals surface area contributed by atoms with E-state index in [1.807, 2.05) is 32.0 Å². The predicted octanol–water partition coefficient (Wildman–Crippen LogP) is 5.19. The summed E-state index contributed by atoms with van der Waals surface area (Å²) in [5, 5.41) is 11.1. The average Bonchev–Trinajstić information content (AvgIpc) is 3.21. The van der Waals surface area contributed by atoms with Crippen LogP contribution in [-0.4, -0.2) is 28.5 Å². The van der Waals surface area contributed by atoms with Crippen LogP contribution in [0.3, 0.4) is 0 Å². The quantitative estimate of drug-likeness (QED) is 0.468. The van der Waals surface area contributed by atoms with Crippen LogP contribution < -0.4 is 10.1 Å². The number of nitrogens with one attached hydrogen (secondary N) is 1. The molecule has 0 aliphatic rings. The molecule has 0 saturated heterocycles. The molecule has 3 rings (SSSR count). The molecule has 1 N–H and O–H groups in total. The molecule has 0 aliphatic heterocycles. The predicted molar refractivity (Wildman–Crippen MR) is 111 cm³/mol. The molecule has 6 nitrogen and oxygen atoms in total. The molecule has 2 aromatic carbocycles. The largest absolute Gasteiger partial charge is 0.435 e. The van der Waals surface area contributed by atoms with Gasteiger partial charge in [0, 0.05) is 11.3 Å². The molecular weight excluding hydrogens is 412 g/mol. The number of benzene rings is 2. The van der Waals surface area contributed by atoms with Gasteiger partial charge in [0.05, 0.1) is 5.75 Å². The van der Waals surface area contributed by atoms with Crippen molar-refractivity contribution in [2.24, 2.45) is 0 Å². The molecule has 0 saturated carbocycles. The minimum absolute atomic E-state index is 0.0401. The number of carbonyl (C=O) groups is 1. The van der Waals surface area contributed by atoms with Crippen molar-refractivity contribution in [2.75, 3.05) is 11.1 Å². The molecule has 30 heavy (non-hydrogen) atoms. The second-order valence-corrected chi connectivity index (χ2v) is 7.20. The Kier molecular flexibility index (Phi) is 7.40. The summed E-state index contributed by atoms with van der Waals surface area (Å²) < 4.78 is 34.3. The Balaban J connectivity index is 1.60. The van der Waals surface area contributed by atoms with Crippen molar-refractivity contribution in [1.82, 2.24) is 10.2 Å². The van der Waals surface area contributed by atoms with E-state index >= 15 is 0 Å². The fraction of sp³-hybridized carbons (Fsp3) is 0.286. The third-order valence-electron chi connectivity index (χ3n) is 4.32. The molecule has 3 aromatic rings. The summed E-state index contributed by atoms with van der Waals surface area (Å²) in [6.45, 7) is 1.21. The number of carbonyl (C=O) groups excluding carboxylic acids is 1. The van der Waals surface area contributed by atoms with Gasteiger partial charge >= 0.3 is 6.61 Å². The molecule has 1 aromatic heterocycles. The molecule has 1 amide bonds. The molecular formula is C21H21F2N3O3S. The van der Waals surface area contributed by atoms with Crippen molar-refractivity contribution in [3.63, 3.8) is 0 Å². The zero-order valence-corrected chi connectivity index (χ0v) is 17.3. The summed E-state index contributed by atoms with van der Waals surface area (Å²) in [4.78, 5) is 12.4. The lowest BCUT2D eigenvalue weighted by molar-refractivity contribution is -0.113. The lowest BCUT2D eigenvalue weighted by atomic mass is 10.0. The SMILES string of the molecule is CCc1cccc(CC)c1NC(=O)CSc1nnc(-c2ccc(OC(F)F)cc2)o1. The molecule has 0 radical (unpaired) electrons. The summed E-state index contributed by atoms with van der Waals surface area (Å²) in [6.07, 6.45) is 1.65. The van der Waals surface area contributed by atoms with Crippen molar-refractivity contribution in [1.29, 1.82) is 0 Å². The van der Waals surface area contributed by atoms with E-state index in [2.05, 4.69) is 20.3 Å². The van der Waals surface area contributed by atoms with Crippen molar-refractivity contribution < 1.29 is 22.7 Å². The standard InChI is InChI=1S/C21H21F2N3O3S/c1-3-13-6-5-7-14(4-2)18(13)24-17(27)12-30-21-26-25-19(29-21)15-8-10-16(11-9-15)28-20(22)23/h5-11,20H,3-4,12H2,1-2H3,(H,24,27). The summed E-state index contributed by atoms with van der Waals surface area (Å²) in [5.41, 5.74) is 3.61. The maximum Gasteiger partial charge on any atom is 0.387 e. The number of aryl methyl sites for hydroxylation is 2. The van der Waals surface area contributed by atoms with E-state index < -0.39 is 6.61 Å². The van der Waals surface area contributed by atoms with Crippen LogP contribution in [0.2, 0.25) is 0 Å². The van der Waals surface area contributed by atoms with E-state index in [9.17, 15) is 13.6 Å². The molecule has 158 valence electrons. The van der Waals surface area contributed by atoms with Gasteiger partial charge in [-0.3, -0.25) is 4.79 Å². The van der Waals surface area contributed by atoms with E-state index in [0.29, 0.717) is 5.56 Å². The minimum Gasteiger partial charge on any atom is -0.435 e. The summed E-state index contributed by atoms with van der Waals surface area (Å²) in [5.74, 6) is 0.220. The Hall–Kier alpha value is -2.94. The van der Waals surface area contributed by atoms with Crippen molar-refractivity contribution in [2.45, 2.75) is 38.5 Å². The van der Waals surface area contributed by atoms with Gasteiger partial charge in [-0.25, -0.2) is 0 Å². The number of amides is 1. The van der Waals surface area contributed by atoms with Crippen LogP contribution in [0.1, 0.15) is 25.0 Å². The van der Waals surface area contributed by atoms with Crippen molar-refractivity contribution in [3.8, 4) is 17.2 Å². The normalized spacial score (nSPS) is 11.0. The molecule has 0 aliphatic carbocycles. The highest BCUT2D eigenvalue weighted by Crippen LogP contribution is 2.26. The lowest BCUT2D eigenvalue weighted by Gasteiger charge is -2.14. The van der Waals surface area contributed by atoms with Crippen LogP contribution in [0.4, 0.5) is 14.5 Å². The maximum absolute atomic E-state index is 12.4. The smallest absolute Gasteiger partial charge is 0.387 e. The monoisotopic (exact) mass is 433 g/mol. The fourth-order valence-electron chi connectivity index (χ4n) is 2.87. The molecule has 0 unspecified atom stereocenters. The Morgan fingerprint density at radius 2 is 1.77 bits per heavy atom. The van der Waals surface area contributed by atoms with Crippen LogP contribution in [0, 0.1) is 0 Å². The average molecular weight is 433 g/mol. The second kappa shape index (κ2) is 10.2. The highest BCUT2D eigenvalue weighted by molar-refractivity contribution is 7.99.